The van der Waals surface area contributed by atoms with Crippen molar-refractivity contribution >= 4 is 17.5 Å². The average Bonchev–Trinajstić information content (AvgIpc) is 2.91. The van der Waals surface area contributed by atoms with E-state index in [1.807, 2.05) is 23.1 Å². The summed E-state index contributed by atoms with van der Waals surface area (Å²) in [6.45, 7) is 6.14. The third kappa shape index (κ3) is 2.99. The number of carbonyl (C=O) groups is 1. The van der Waals surface area contributed by atoms with Crippen LogP contribution in [-0.4, -0.2) is 53.6 Å². The van der Waals surface area contributed by atoms with Gasteiger partial charge in [0.15, 0.2) is 0 Å². The fourth-order valence-corrected chi connectivity index (χ4v) is 3.08. The van der Waals surface area contributed by atoms with Crippen molar-refractivity contribution in [1.82, 2.24) is 15.0 Å². The number of carbonyl (C=O) groups excluding carboxylic acids is 1. The molecular formula is C17H20ClN3O2. The molecule has 1 atom stereocenters. The summed E-state index contributed by atoms with van der Waals surface area (Å²) in [7, 11) is 2.08. The summed E-state index contributed by atoms with van der Waals surface area (Å²) in [5, 5.41) is 4.64. The van der Waals surface area contributed by atoms with Crippen LogP contribution in [0, 0.1) is 6.92 Å². The molecule has 2 heterocycles. The molecule has 0 radical (unpaired) electrons. The minimum Gasteiger partial charge on any atom is -0.360 e. The Hall–Kier alpha value is -1.85. The molecule has 5 nitrogen and oxygen atoms in total. The smallest absolute Gasteiger partial charge is 0.259 e. The summed E-state index contributed by atoms with van der Waals surface area (Å²) in [6.07, 6.45) is 0. The maximum absolute atomic E-state index is 13.0. The van der Waals surface area contributed by atoms with Crippen LogP contribution in [0.4, 0.5) is 0 Å². The second-order valence-electron chi connectivity index (χ2n) is 6.02. The fraction of sp³-hybridized carbons (Fsp3) is 0.412. The number of amides is 1. The molecule has 0 N–H and O–H groups in total. The fourth-order valence-electron chi connectivity index (χ4n) is 2.85. The molecule has 0 bridgehead atoms. The summed E-state index contributed by atoms with van der Waals surface area (Å²) in [4.78, 5) is 17.1. The first kappa shape index (κ1) is 16.0. The van der Waals surface area contributed by atoms with Crippen molar-refractivity contribution in [3.8, 4) is 11.3 Å². The molecule has 1 aromatic heterocycles. The number of likely N-dealkylation sites (N-methyl/N-ethyl adjacent to an activating group) is 1. The lowest BCUT2D eigenvalue weighted by Gasteiger charge is -2.37. The lowest BCUT2D eigenvalue weighted by Crippen LogP contribution is -2.52. The Bertz CT molecular complexity index is 728. The molecule has 1 aliphatic heterocycles. The number of aromatic nitrogens is 1. The third-order valence-corrected chi connectivity index (χ3v) is 4.78. The van der Waals surface area contributed by atoms with Gasteiger partial charge in [-0.25, -0.2) is 0 Å². The maximum atomic E-state index is 13.0. The van der Waals surface area contributed by atoms with Crippen molar-refractivity contribution in [2.45, 2.75) is 19.9 Å². The standard InChI is InChI=1S/C17H20ClN3O2/c1-11-10-21(9-8-20(11)3)17(22)15-12(2)23-19-16(15)13-6-4-5-7-14(13)18/h4-7,11H,8-10H2,1-3H3. The molecule has 23 heavy (non-hydrogen) atoms. The quantitative estimate of drug-likeness (QED) is 0.847. The van der Waals surface area contributed by atoms with Crippen molar-refractivity contribution in [2.24, 2.45) is 0 Å². The van der Waals surface area contributed by atoms with Crippen molar-refractivity contribution < 1.29 is 9.32 Å². The Morgan fingerprint density at radius 3 is 2.78 bits per heavy atom. The summed E-state index contributed by atoms with van der Waals surface area (Å²) in [5.74, 6) is 0.482. The second kappa shape index (κ2) is 6.34. The molecule has 6 heteroatoms. The van der Waals surface area contributed by atoms with Crippen LogP contribution in [0.15, 0.2) is 28.8 Å². The van der Waals surface area contributed by atoms with Gasteiger partial charge in [0.05, 0.1) is 5.02 Å². The highest BCUT2D eigenvalue weighted by atomic mass is 35.5. The van der Waals surface area contributed by atoms with Gasteiger partial charge >= 0.3 is 0 Å². The van der Waals surface area contributed by atoms with E-state index in [0.717, 1.165) is 12.1 Å². The first-order valence-electron chi connectivity index (χ1n) is 7.69. The van der Waals surface area contributed by atoms with Crippen LogP contribution in [0.5, 0.6) is 0 Å². The molecule has 1 amide bonds. The minimum atomic E-state index is -0.0429. The third-order valence-electron chi connectivity index (χ3n) is 4.45. The number of rotatable bonds is 2. The molecule has 3 rings (SSSR count). The van der Waals surface area contributed by atoms with Gasteiger partial charge in [0.25, 0.3) is 5.91 Å². The van der Waals surface area contributed by atoms with Crippen LogP contribution in [-0.2, 0) is 0 Å². The number of benzene rings is 1. The van der Waals surface area contributed by atoms with E-state index in [-0.39, 0.29) is 5.91 Å². The summed E-state index contributed by atoms with van der Waals surface area (Å²) >= 11 is 6.26. The lowest BCUT2D eigenvalue weighted by atomic mass is 10.0. The Balaban J connectivity index is 1.96. The number of nitrogens with zero attached hydrogens (tertiary/aromatic N) is 3. The van der Waals surface area contributed by atoms with E-state index in [1.54, 1.807) is 13.0 Å². The molecule has 1 aliphatic rings. The van der Waals surface area contributed by atoms with Crippen molar-refractivity contribution in [3.63, 3.8) is 0 Å². The van der Waals surface area contributed by atoms with Crippen molar-refractivity contribution in [1.29, 1.82) is 0 Å². The van der Waals surface area contributed by atoms with E-state index >= 15 is 0 Å². The van der Waals surface area contributed by atoms with E-state index in [9.17, 15) is 4.79 Å². The number of hydrogen-bond donors (Lipinski definition) is 0. The SMILES string of the molecule is Cc1onc(-c2ccccc2Cl)c1C(=O)N1CCN(C)C(C)C1. The van der Waals surface area contributed by atoms with Crippen LogP contribution in [0.3, 0.4) is 0 Å². The highest BCUT2D eigenvalue weighted by Crippen LogP contribution is 2.32. The topological polar surface area (TPSA) is 49.6 Å². The average molecular weight is 334 g/mol. The van der Waals surface area contributed by atoms with Crippen LogP contribution in [0.2, 0.25) is 5.02 Å². The zero-order valence-corrected chi connectivity index (χ0v) is 14.3. The van der Waals surface area contributed by atoms with Gasteiger partial charge in [0, 0.05) is 31.2 Å². The molecule has 1 fully saturated rings. The zero-order chi connectivity index (χ0) is 16.6. The first-order valence-corrected chi connectivity index (χ1v) is 8.07. The van der Waals surface area contributed by atoms with Crippen LogP contribution < -0.4 is 0 Å². The summed E-state index contributed by atoms with van der Waals surface area (Å²) in [6, 6.07) is 7.69. The van der Waals surface area contributed by atoms with Crippen molar-refractivity contribution in [3.05, 3.63) is 40.6 Å². The molecule has 1 saturated heterocycles. The van der Waals surface area contributed by atoms with Crippen LogP contribution in [0.25, 0.3) is 11.3 Å². The molecule has 2 aromatic rings. The highest BCUT2D eigenvalue weighted by molar-refractivity contribution is 6.33. The molecule has 0 spiro atoms. The van der Waals surface area contributed by atoms with Gasteiger partial charge in [-0.15, -0.1) is 0 Å². The van der Waals surface area contributed by atoms with Crippen LogP contribution in [0.1, 0.15) is 23.0 Å². The number of halogens is 1. The Morgan fingerprint density at radius 1 is 1.35 bits per heavy atom. The minimum absolute atomic E-state index is 0.0429. The maximum Gasteiger partial charge on any atom is 0.259 e. The van der Waals surface area contributed by atoms with Gasteiger partial charge < -0.3 is 14.3 Å². The number of aryl methyl sites for hydroxylation is 1. The number of piperazine rings is 1. The first-order chi connectivity index (χ1) is 11.0. The van der Waals surface area contributed by atoms with E-state index in [2.05, 4.69) is 24.0 Å². The normalized spacial score (nSPS) is 19.1. The van der Waals surface area contributed by atoms with Gasteiger partial charge in [-0.2, -0.15) is 0 Å². The predicted molar refractivity (Wildman–Crippen MR) is 89.7 cm³/mol. The molecule has 122 valence electrons. The summed E-state index contributed by atoms with van der Waals surface area (Å²) < 4.78 is 5.30. The van der Waals surface area contributed by atoms with Gasteiger partial charge in [-0.05, 0) is 27.0 Å². The van der Waals surface area contributed by atoms with E-state index < -0.39 is 0 Å². The molecular weight excluding hydrogens is 314 g/mol. The van der Waals surface area contributed by atoms with Crippen molar-refractivity contribution in [2.75, 3.05) is 26.7 Å². The molecule has 0 saturated carbocycles. The van der Waals surface area contributed by atoms with Gasteiger partial charge in [-0.3, -0.25) is 4.79 Å². The molecule has 1 unspecified atom stereocenters. The lowest BCUT2D eigenvalue weighted by molar-refractivity contribution is 0.0571. The van der Waals surface area contributed by atoms with Gasteiger partial charge in [0.1, 0.15) is 17.0 Å². The Labute approximate surface area is 140 Å². The molecule has 0 aliphatic carbocycles. The number of hydrogen-bond acceptors (Lipinski definition) is 4. The van der Waals surface area contributed by atoms with Crippen LogP contribution >= 0.6 is 11.6 Å². The Morgan fingerprint density at radius 2 is 2.09 bits per heavy atom. The zero-order valence-electron chi connectivity index (χ0n) is 13.5. The monoisotopic (exact) mass is 333 g/mol. The van der Waals surface area contributed by atoms with E-state index in [4.69, 9.17) is 16.1 Å². The van der Waals surface area contributed by atoms with Gasteiger partial charge in [-0.1, -0.05) is 35.0 Å². The largest absolute Gasteiger partial charge is 0.360 e. The molecule has 1 aromatic carbocycles. The van der Waals surface area contributed by atoms with E-state index in [0.29, 0.717) is 41.2 Å². The summed E-state index contributed by atoms with van der Waals surface area (Å²) in [5.41, 5.74) is 1.75. The van der Waals surface area contributed by atoms with E-state index in [1.165, 1.54) is 0 Å². The second-order valence-corrected chi connectivity index (χ2v) is 6.43. The predicted octanol–water partition coefficient (Wildman–Crippen LogP) is 3.08. The highest BCUT2D eigenvalue weighted by Gasteiger charge is 2.30. The Kier molecular flexibility index (Phi) is 4.41. The van der Waals surface area contributed by atoms with Gasteiger partial charge in [0.2, 0.25) is 0 Å².